The lowest BCUT2D eigenvalue weighted by atomic mass is 9.99. The van der Waals surface area contributed by atoms with Gasteiger partial charge in [-0.05, 0) is 36.0 Å². The van der Waals surface area contributed by atoms with E-state index >= 15 is 0 Å². The lowest BCUT2D eigenvalue weighted by molar-refractivity contribution is 0.0698. The molecule has 0 saturated heterocycles. The minimum absolute atomic E-state index is 0.238. The van der Waals surface area contributed by atoms with Crippen LogP contribution in [-0.4, -0.2) is 21.2 Å². The number of hydrogen-bond donors (Lipinski definition) is 1. The van der Waals surface area contributed by atoms with E-state index < -0.39 is 5.97 Å². The average Bonchev–Trinajstić information content (AvgIpc) is 3.37. The molecule has 5 heteroatoms. The van der Waals surface area contributed by atoms with Crippen LogP contribution in [0, 0.1) is 0 Å². The Bertz CT molecular complexity index is 937. The summed E-state index contributed by atoms with van der Waals surface area (Å²) in [6, 6.07) is 10.0. The highest BCUT2D eigenvalue weighted by molar-refractivity contribution is 6.02. The number of aromatic carboxylic acids is 1. The van der Waals surface area contributed by atoms with Crippen LogP contribution in [-0.2, 0) is 6.42 Å². The predicted octanol–water partition coefficient (Wildman–Crippen LogP) is 4.51. The van der Waals surface area contributed by atoms with Gasteiger partial charge in [-0.1, -0.05) is 43.3 Å². The zero-order chi connectivity index (χ0) is 17.6. The summed E-state index contributed by atoms with van der Waals surface area (Å²) in [6.07, 6.45) is 2.64. The number of carbonyl (C=O) groups is 1. The zero-order valence-corrected chi connectivity index (χ0v) is 14.3. The Balaban J connectivity index is 1.73. The van der Waals surface area contributed by atoms with E-state index in [4.69, 9.17) is 4.52 Å². The van der Waals surface area contributed by atoms with Gasteiger partial charge in [0.15, 0.2) is 0 Å². The van der Waals surface area contributed by atoms with Crippen LogP contribution in [0.2, 0.25) is 0 Å². The van der Waals surface area contributed by atoms with E-state index in [-0.39, 0.29) is 5.56 Å². The first-order valence-corrected chi connectivity index (χ1v) is 8.64. The first-order chi connectivity index (χ1) is 12.0. The van der Waals surface area contributed by atoms with Crippen LogP contribution in [0.5, 0.6) is 0 Å². The number of nitrogens with zero attached hydrogens (tertiary/aromatic N) is 2. The van der Waals surface area contributed by atoms with Crippen LogP contribution in [0.4, 0.5) is 0 Å². The Morgan fingerprint density at radius 2 is 2.00 bits per heavy atom. The van der Waals surface area contributed by atoms with Crippen molar-refractivity contribution < 1.29 is 14.4 Å². The largest absolute Gasteiger partial charge is 0.478 e. The molecule has 2 heterocycles. The first kappa shape index (κ1) is 15.8. The van der Waals surface area contributed by atoms with Gasteiger partial charge in [0.2, 0.25) is 0 Å². The van der Waals surface area contributed by atoms with E-state index in [2.05, 4.69) is 48.3 Å². The van der Waals surface area contributed by atoms with Gasteiger partial charge in [0.05, 0.1) is 16.6 Å². The molecule has 3 aromatic rings. The third kappa shape index (κ3) is 3.02. The van der Waals surface area contributed by atoms with E-state index in [0.29, 0.717) is 35.1 Å². The van der Waals surface area contributed by atoms with Crippen molar-refractivity contribution in [3.8, 4) is 0 Å². The number of pyridine rings is 1. The Labute approximate surface area is 145 Å². The van der Waals surface area contributed by atoms with Gasteiger partial charge in [-0.25, -0.2) is 9.78 Å². The lowest BCUT2D eigenvalue weighted by Gasteiger charge is -2.06. The van der Waals surface area contributed by atoms with Gasteiger partial charge in [-0.15, -0.1) is 0 Å². The minimum Gasteiger partial charge on any atom is -0.478 e. The van der Waals surface area contributed by atoms with Gasteiger partial charge in [-0.3, -0.25) is 0 Å². The van der Waals surface area contributed by atoms with Crippen molar-refractivity contribution in [2.24, 2.45) is 0 Å². The second-order valence-corrected chi connectivity index (χ2v) is 7.06. The second kappa shape index (κ2) is 5.99. The normalized spacial score (nSPS) is 14.4. The van der Waals surface area contributed by atoms with Crippen LogP contribution in [0.15, 0.2) is 34.9 Å². The molecule has 0 amide bonds. The monoisotopic (exact) mass is 336 g/mol. The molecule has 1 aliphatic carbocycles. The molecule has 25 heavy (non-hydrogen) atoms. The fraction of sp³-hybridized carbons (Fsp3) is 0.350. The van der Waals surface area contributed by atoms with E-state index in [0.717, 1.165) is 24.1 Å². The molecule has 5 nitrogen and oxygen atoms in total. The van der Waals surface area contributed by atoms with Gasteiger partial charge < -0.3 is 9.63 Å². The highest BCUT2D eigenvalue weighted by Gasteiger charge is 2.29. The van der Waals surface area contributed by atoms with Crippen molar-refractivity contribution in [1.29, 1.82) is 0 Å². The molecule has 0 aliphatic heterocycles. The van der Waals surface area contributed by atoms with Crippen LogP contribution in [0.3, 0.4) is 0 Å². The Kier molecular flexibility index (Phi) is 3.79. The molecule has 0 unspecified atom stereocenters. The maximum atomic E-state index is 11.7. The van der Waals surface area contributed by atoms with Crippen LogP contribution in [0.1, 0.15) is 71.4 Å². The molecular formula is C20H20N2O3. The van der Waals surface area contributed by atoms with Crippen molar-refractivity contribution in [1.82, 2.24) is 10.1 Å². The van der Waals surface area contributed by atoms with Gasteiger partial charge >= 0.3 is 5.97 Å². The molecule has 4 rings (SSSR count). The van der Waals surface area contributed by atoms with Crippen molar-refractivity contribution in [3.05, 3.63) is 58.4 Å². The standard InChI is InChI=1S/C20H20N2O3/c1-11(2)13-5-3-12(4-6-13)9-17-18-15(20(23)24)10-16(14-7-8-14)21-19(18)25-22-17/h3-6,10-11,14H,7-9H2,1-2H3,(H,23,24). The van der Waals surface area contributed by atoms with Gasteiger partial charge in [0.25, 0.3) is 5.71 Å². The molecule has 128 valence electrons. The number of benzene rings is 1. The summed E-state index contributed by atoms with van der Waals surface area (Å²) < 4.78 is 5.37. The molecule has 1 aliphatic rings. The number of fused-ring (bicyclic) bond motifs is 1. The van der Waals surface area contributed by atoms with Crippen molar-refractivity contribution in [3.63, 3.8) is 0 Å². The van der Waals surface area contributed by atoms with E-state index in [1.807, 2.05) is 0 Å². The first-order valence-electron chi connectivity index (χ1n) is 8.64. The van der Waals surface area contributed by atoms with Crippen LogP contribution >= 0.6 is 0 Å². The lowest BCUT2D eigenvalue weighted by Crippen LogP contribution is -2.02. The van der Waals surface area contributed by atoms with Crippen molar-refractivity contribution in [2.45, 2.75) is 44.9 Å². The quantitative estimate of drug-likeness (QED) is 0.741. The Hall–Kier alpha value is -2.69. The summed E-state index contributed by atoms with van der Waals surface area (Å²) in [7, 11) is 0. The Morgan fingerprint density at radius 3 is 2.60 bits per heavy atom. The summed E-state index contributed by atoms with van der Waals surface area (Å²) in [5.41, 5.74) is 4.34. The molecule has 0 bridgehead atoms. The maximum absolute atomic E-state index is 11.7. The number of rotatable bonds is 5. The molecule has 0 spiro atoms. The van der Waals surface area contributed by atoms with Crippen LogP contribution in [0.25, 0.3) is 11.1 Å². The van der Waals surface area contributed by atoms with E-state index in [1.165, 1.54) is 5.56 Å². The highest BCUT2D eigenvalue weighted by Crippen LogP contribution is 2.40. The number of hydrogen-bond acceptors (Lipinski definition) is 4. The molecule has 2 aromatic heterocycles. The maximum Gasteiger partial charge on any atom is 0.336 e. The smallest absolute Gasteiger partial charge is 0.336 e. The van der Waals surface area contributed by atoms with Crippen LogP contribution < -0.4 is 0 Å². The summed E-state index contributed by atoms with van der Waals surface area (Å²) in [4.78, 5) is 16.2. The molecule has 1 fully saturated rings. The minimum atomic E-state index is -0.964. The van der Waals surface area contributed by atoms with Gasteiger partial charge in [0.1, 0.15) is 0 Å². The molecule has 1 N–H and O–H groups in total. The molecular weight excluding hydrogens is 316 g/mol. The zero-order valence-electron chi connectivity index (χ0n) is 14.3. The SMILES string of the molecule is CC(C)c1ccc(Cc2noc3nc(C4CC4)cc(C(=O)O)c23)cc1. The topological polar surface area (TPSA) is 76.2 Å². The fourth-order valence-corrected chi connectivity index (χ4v) is 3.12. The third-order valence-electron chi connectivity index (χ3n) is 4.78. The molecule has 0 atom stereocenters. The number of carboxylic acid groups (broad SMARTS) is 1. The molecule has 1 aromatic carbocycles. The number of carboxylic acids is 1. The van der Waals surface area contributed by atoms with Crippen molar-refractivity contribution >= 4 is 17.1 Å². The average molecular weight is 336 g/mol. The second-order valence-electron chi connectivity index (χ2n) is 7.06. The van der Waals surface area contributed by atoms with E-state index in [9.17, 15) is 9.90 Å². The Morgan fingerprint density at radius 1 is 1.28 bits per heavy atom. The van der Waals surface area contributed by atoms with Gasteiger partial charge in [0, 0.05) is 18.0 Å². The predicted molar refractivity (Wildman–Crippen MR) is 94.1 cm³/mol. The highest BCUT2D eigenvalue weighted by atomic mass is 16.5. The molecule has 1 saturated carbocycles. The van der Waals surface area contributed by atoms with Gasteiger partial charge in [-0.2, -0.15) is 0 Å². The summed E-state index contributed by atoms with van der Waals surface area (Å²) >= 11 is 0. The van der Waals surface area contributed by atoms with Crippen molar-refractivity contribution in [2.75, 3.05) is 0 Å². The third-order valence-corrected chi connectivity index (χ3v) is 4.78. The molecule has 0 radical (unpaired) electrons. The summed E-state index contributed by atoms with van der Waals surface area (Å²) in [6.45, 7) is 4.31. The van der Waals surface area contributed by atoms with E-state index in [1.54, 1.807) is 6.07 Å². The fourth-order valence-electron chi connectivity index (χ4n) is 3.12. The summed E-state index contributed by atoms with van der Waals surface area (Å²) in [5, 5.41) is 14.2. The summed E-state index contributed by atoms with van der Waals surface area (Å²) in [5.74, 6) is -0.126. The number of aromatic nitrogens is 2.